The molecule has 0 saturated carbocycles. The van der Waals surface area contributed by atoms with Crippen molar-refractivity contribution in [3.05, 3.63) is 76.9 Å². The molecule has 1 aliphatic rings. The van der Waals surface area contributed by atoms with Crippen molar-refractivity contribution in [2.24, 2.45) is 0 Å². The van der Waals surface area contributed by atoms with Gasteiger partial charge in [-0.3, -0.25) is 10.1 Å². The fourth-order valence-corrected chi connectivity index (χ4v) is 5.82. The molecule has 3 aromatic rings. The average Bonchev–Trinajstić information content (AvgIpc) is 2.95. The predicted octanol–water partition coefficient (Wildman–Crippen LogP) is 4.98. The van der Waals surface area contributed by atoms with Crippen molar-refractivity contribution in [2.45, 2.75) is 35.6 Å². The van der Waals surface area contributed by atoms with Crippen LogP contribution in [-0.2, 0) is 28.1 Å². The Morgan fingerprint density at radius 1 is 0.838 bits per heavy atom. The second-order valence-electron chi connectivity index (χ2n) is 8.69. The van der Waals surface area contributed by atoms with E-state index < -0.39 is 6.04 Å². The molecule has 0 spiro atoms. The van der Waals surface area contributed by atoms with E-state index in [0.29, 0.717) is 12.8 Å². The smallest absolute Gasteiger partial charge is 0.323 e. The first kappa shape index (κ1) is 26.7. The highest BCUT2D eigenvalue weighted by Crippen LogP contribution is 2.46. The van der Waals surface area contributed by atoms with Crippen LogP contribution < -0.4 is 24.3 Å². The zero-order chi connectivity index (χ0) is 26.4. The molecule has 0 saturated heterocycles. The van der Waals surface area contributed by atoms with Gasteiger partial charge in [0.25, 0.3) is 0 Å². The Labute approximate surface area is 222 Å². The van der Waals surface area contributed by atoms with Crippen LogP contribution in [0.3, 0.4) is 0 Å². The van der Waals surface area contributed by atoms with Gasteiger partial charge in [-0.15, -0.1) is 11.8 Å². The van der Waals surface area contributed by atoms with Crippen molar-refractivity contribution in [1.29, 1.82) is 0 Å². The normalized spacial score (nSPS) is 16.5. The van der Waals surface area contributed by atoms with Crippen LogP contribution in [0.5, 0.6) is 23.0 Å². The fraction of sp³-hybridized carbons (Fsp3) is 0.345. The molecule has 8 heteroatoms. The van der Waals surface area contributed by atoms with Crippen LogP contribution in [0.25, 0.3) is 0 Å². The number of thioether (sulfide) groups is 1. The molecule has 37 heavy (non-hydrogen) atoms. The van der Waals surface area contributed by atoms with Gasteiger partial charge in [-0.05, 0) is 47.4 Å². The maximum Gasteiger partial charge on any atom is 0.323 e. The molecular formula is C29H33NO6S. The molecule has 0 fully saturated rings. The third-order valence-electron chi connectivity index (χ3n) is 6.58. The molecule has 3 aromatic carbocycles. The van der Waals surface area contributed by atoms with Crippen molar-refractivity contribution in [3.8, 4) is 23.0 Å². The summed E-state index contributed by atoms with van der Waals surface area (Å²) in [5.41, 5.74) is 4.35. The Kier molecular flexibility index (Phi) is 8.84. The highest BCUT2D eigenvalue weighted by Gasteiger charge is 2.36. The summed E-state index contributed by atoms with van der Waals surface area (Å²) >= 11 is 1.69. The first-order valence-corrected chi connectivity index (χ1v) is 13.0. The maximum absolute atomic E-state index is 12.7. The zero-order valence-electron chi connectivity index (χ0n) is 21.8. The molecule has 0 aromatic heterocycles. The van der Waals surface area contributed by atoms with Crippen molar-refractivity contribution in [2.75, 3.05) is 35.5 Å². The maximum atomic E-state index is 12.7. The highest BCUT2D eigenvalue weighted by atomic mass is 32.2. The monoisotopic (exact) mass is 523 g/mol. The van der Waals surface area contributed by atoms with Gasteiger partial charge in [0.15, 0.2) is 0 Å². The lowest BCUT2D eigenvalue weighted by molar-refractivity contribution is -0.143. The number of ether oxygens (including phenoxy) is 5. The van der Waals surface area contributed by atoms with Crippen LogP contribution >= 0.6 is 11.8 Å². The van der Waals surface area contributed by atoms with Crippen LogP contribution in [0, 0.1) is 0 Å². The van der Waals surface area contributed by atoms with Gasteiger partial charge >= 0.3 is 5.97 Å². The second kappa shape index (κ2) is 12.3. The number of methoxy groups -OCH3 is 5. The highest BCUT2D eigenvalue weighted by molar-refractivity contribution is 7.98. The Hall–Kier alpha value is -3.36. The van der Waals surface area contributed by atoms with Crippen molar-refractivity contribution < 1.29 is 28.5 Å². The minimum atomic E-state index is -0.488. The molecule has 4 rings (SSSR count). The molecule has 7 nitrogen and oxygen atoms in total. The number of carbonyl (C=O) groups excluding carboxylic acids is 1. The van der Waals surface area contributed by atoms with Gasteiger partial charge in [-0.1, -0.05) is 24.3 Å². The summed E-state index contributed by atoms with van der Waals surface area (Å²) in [5, 5.41) is 3.51. The number of fused-ring (bicyclic) bond motifs is 1. The van der Waals surface area contributed by atoms with Gasteiger partial charge in [-0.2, -0.15) is 0 Å². The fourth-order valence-electron chi connectivity index (χ4n) is 4.66. The quantitative estimate of drug-likeness (QED) is 0.295. The molecule has 2 atom stereocenters. The van der Waals surface area contributed by atoms with E-state index in [1.807, 2.05) is 42.5 Å². The van der Waals surface area contributed by atoms with Gasteiger partial charge < -0.3 is 23.7 Å². The number of hydrogen-bond donors (Lipinski definition) is 1. The van der Waals surface area contributed by atoms with Gasteiger partial charge in [0.1, 0.15) is 29.0 Å². The molecule has 0 unspecified atom stereocenters. The van der Waals surface area contributed by atoms with Crippen LogP contribution in [-0.4, -0.2) is 47.6 Å². The van der Waals surface area contributed by atoms with E-state index in [4.69, 9.17) is 23.7 Å². The molecule has 0 amide bonds. The summed E-state index contributed by atoms with van der Waals surface area (Å²) in [6.45, 7) is 0. The summed E-state index contributed by atoms with van der Waals surface area (Å²) in [6, 6.07) is 17.3. The predicted molar refractivity (Wildman–Crippen MR) is 144 cm³/mol. The van der Waals surface area contributed by atoms with Gasteiger partial charge in [0.2, 0.25) is 0 Å². The number of benzene rings is 3. The molecule has 1 heterocycles. The Balaban J connectivity index is 1.75. The van der Waals surface area contributed by atoms with Crippen LogP contribution in [0.2, 0.25) is 0 Å². The second-order valence-corrected chi connectivity index (χ2v) is 9.68. The van der Waals surface area contributed by atoms with Gasteiger partial charge in [0, 0.05) is 29.8 Å². The van der Waals surface area contributed by atoms with E-state index in [1.54, 1.807) is 40.2 Å². The van der Waals surface area contributed by atoms with Crippen molar-refractivity contribution in [3.63, 3.8) is 0 Å². The number of carbonyl (C=O) groups is 1. The lowest BCUT2D eigenvalue weighted by Gasteiger charge is -2.35. The molecular weight excluding hydrogens is 490 g/mol. The average molecular weight is 524 g/mol. The van der Waals surface area contributed by atoms with E-state index in [2.05, 4.69) is 17.4 Å². The van der Waals surface area contributed by atoms with Gasteiger partial charge in [0.05, 0.1) is 40.4 Å². The molecule has 1 N–H and O–H groups in total. The van der Waals surface area contributed by atoms with Crippen molar-refractivity contribution >= 4 is 17.7 Å². The van der Waals surface area contributed by atoms with Crippen LogP contribution in [0.15, 0.2) is 59.5 Å². The van der Waals surface area contributed by atoms with Crippen LogP contribution in [0.4, 0.5) is 0 Å². The lowest BCUT2D eigenvalue weighted by atomic mass is 9.86. The summed E-state index contributed by atoms with van der Waals surface area (Å²) in [7, 11) is 8.05. The zero-order valence-corrected chi connectivity index (χ0v) is 22.6. The Morgan fingerprint density at radius 3 is 1.97 bits per heavy atom. The van der Waals surface area contributed by atoms with E-state index in [-0.39, 0.29) is 12.0 Å². The summed E-state index contributed by atoms with van der Waals surface area (Å²) in [4.78, 5) is 13.7. The third kappa shape index (κ3) is 5.97. The van der Waals surface area contributed by atoms with E-state index in [1.165, 1.54) is 7.11 Å². The summed E-state index contributed by atoms with van der Waals surface area (Å²) in [6.07, 6.45) is 1.13. The summed E-state index contributed by atoms with van der Waals surface area (Å²) < 4.78 is 27.4. The number of hydrogen-bond acceptors (Lipinski definition) is 8. The number of esters is 1. The topological polar surface area (TPSA) is 75.3 Å². The molecule has 1 aliphatic heterocycles. The minimum Gasteiger partial charge on any atom is -0.497 e. The van der Waals surface area contributed by atoms with Crippen molar-refractivity contribution in [1.82, 2.24) is 5.32 Å². The lowest BCUT2D eigenvalue weighted by Crippen LogP contribution is -2.46. The molecule has 196 valence electrons. The summed E-state index contributed by atoms with van der Waals surface area (Å²) in [5.74, 6) is 3.52. The first-order valence-electron chi connectivity index (χ1n) is 12.0. The standard InChI is InChI=1S/C29H33NO6S/c1-32-20-10-6-18(7-11-20)14-23-27-22(15-24(30-23)29(31)36-5)28(26(35-4)16-25(27)34-3)37-17-19-8-12-21(33-2)13-9-19/h6-13,16,23-24,30H,14-15,17H2,1-5H3/t23-,24-/m0/s1. The van der Waals surface area contributed by atoms with Crippen LogP contribution in [0.1, 0.15) is 28.3 Å². The third-order valence-corrected chi connectivity index (χ3v) is 7.79. The van der Waals surface area contributed by atoms with Gasteiger partial charge in [-0.25, -0.2) is 0 Å². The Bertz CT molecular complexity index is 1210. The largest absolute Gasteiger partial charge is 0.497 e. The first-order chi connectivity index (χ1) is 18.0. The van der Waals surface area contributed by atoms with E-state index in [0.717, 1.165) is 55.9 Å². The molecule has 0 radical (unpaired) electrons. The SMILES string of the molecule is COC(=O)[C@@H]1Cc2c(SCc3ccc(OC)cc3)c(OC)cc(OC)c2[C@H](Cc2ccc(OC)cc2)N1. The molecule has 0 bridgehead atoms. The molecule has 0 aliphatic carbocycles. The Morgan fingerprint density at radius 2 is 1.43 bits per heavy atom. The van der Waals surface area contributed by atoms with E-state index >= 15 is 0 Å². The minimum absolute atomic E-state index is 0.164. The number of rotatable bonds is 10. The number of nitrogens with one attached hydrogen (secondary N) is 1. The van der Waals surface area contributed by atoms with E-state index in [9.17, 15) is 4.79 Å².